The van der Waals surface area contributed by atoms with E-state index in [-0.39, 0.29) is 37.2 Å². The number of carbonyl (C=O) groups is 3. The Hall–Kier alpha value is -4.31. The second-order valence-electron chi connectivity index (χ2n) is 10.6. The highest BCUT2D eigenvalue weighted by atomic mass is 19.1. The molecule has 5 rings (SSSR count). The summed E-state index contributed by atoms with van der Waals surface area (Å²) in [6.07, 6.45) is 2.75. The van der Waals surface area contributed by atoms with Crippen molar-refractivity contribution in [2.24, 2.45) is 5.92 Å². The maximum absolute atomic E-state index is 14.8. The van der Waals surface area contributed by atoms with Crippen LogP contribution in [0.25, 0.3) is 11.1 Å². The highest BCUT2D eigenvalue weighted by Crippen LogP contribution is 2.34. The van der Waals surface area contributed by atoms with Crippen LogP contribution in [0.4, 0.5) is 14.5 Å². The Morgan fingerprint density at radius 1 is 0.976 bits per heavy atom. The second-order valence-corrected chi connectivity index (χ2v) is 10.6. The van der Waals surface area contributed by atoms with E-state index in [0.717, 1.165) is 38.4 Å². The van der Waals surface area contributed by atoms with Gasteiger partial charge in [0.25, 0.3) is 5.91 Å². The summed E-state index contributed by atoms with van der Waals surface area (Å²) < 4.78 is 34.4. The number of halogens is 2. The van der Waals surface area contributed by atoms with E-state index in [1.807, 2.05) is 0 Å². The fourth-order valence-electron chi connectivity index (χ4n) is 5.53. The lowest BCUT2D eigenvalue weighted by Crippen LogP contribution is -2.40. The van der Waals surface area contributed by atoms with E-state index in [1.54, 1.807) is 42.5 Å². The first-order valence-electron chi connectivity index (χ1n) is 14.1. The van der Waals surface area contributed by atoms with Crippen LogP contribution in [0.5, 0.6) is 5.75 Å². The van der Waals surface area contributed by atoms with Gasteiger partial charge in [-0.15, -0.1) is 0 Å². The van der Waals surface area contributed by atoms with Crippen molar-refractivity contribution in [3.63, 3.8) is 0 Å². The fraction of sp³-hybridized carbons (Fsp3) is 0.344. The number of anilines is 1. The molecule has 0 unspecified atom stereocenters. The zero-order valence-electron chi connectivity index (χ0n) is 23.2. The smallest absolute Gasteiger partial charge is 0.305 e. The first kappa shape index (κ1) is 29.2. The number of nitrogens with one attached hydrogen (secondary N) is 1. The molecule has 0 atom stereocenters. The molecule has 42 heavy (non-hydrogen) atoms. The van der Waals surface area contributed by atoms with Crippen molar-refractivity contribution in [3.8, 4) is 16.9 Å². The molecule has 0 spiro atoms. The van der Waals surface area contributed by atoms with Gasteiger partial charge >= 0.3 is 5.97 Å². The van der Waals surface area contributed by atoms with E-state index in [2.05, 4.69) is 5.32 Å². The minimum absolute atomic E-state index is 0.00872. The Morgan fingerprint density at radius 3 is 2.52 bits per heavy atom. The molecule has 2 aliphatic rings. The Morgan fingerprint density at radius 2 is 1.76 bits per heavy atom. The van der Waals surface area contributed by atoms with Crippen LogP contribution in [0.1, 0.15) is 41.6 Å². The first-order chi connectivity index (χ1) is 20.3. The highest BCUT2D eigenvalue weighted by molar-refractivity contribution is 6.10. The Labute approximate surface area is 242 Å². The number of ether oxygens (including phenoxy) is 1. The number of carboxylic acid groups (broad SMARTS) is 1. The van der Waals surface area contributed by atoms with Crippen LogP contribution >= 0.6 is 0 Å². The van der Waals surface area contributed by atoms with Crippen molar-refractivity contribution in [2.45, 2.75) is 32.2 Å². The largest absolute Gasteiger partial charge is 0.494 e. The summed E-state index contributed by atoms with van der Waals surface area (Å²) in [7, 11) is 0. The zero-order chi connectivity index (χ0) is 29.6. The number of carbonyl (C=O) groups excluding carboxylic acids is 2. The molecule has 2 aliphatic heterocycles. The molecule has 220 valence electrons. The summed E-state index contributed by atoms with van der Waals surface area (Å²) in [5.41, 5.74) is 1.83. The second kappa shape index (κ2) is 13.1. The van der Waals surface area contributed by atoms with Gasteiger partial charge < -0.3 is 25.0 Å². The van der Waals surface area contributed by atoms with E-state index in [4.69, 9.17) is 4.74 Å². The highest BCUT2D eigenvalue weighted by Gasteiger charge is 2.33. The summed E-state index contributed by atoms with van der Waals surface area (Å²) in [4.78, 5) is 41.2. The third-order valence-electron chi connectivity index (χ3n) is 7.82. The zero-order valence-corrected chi connectivity index (χ0v) is 23.2. The SMILES string of the molecule is O=C(O)CCN1CC(=O)N(Cc2ccccc2-c2ccc(F)cc2F)c2ccc(OCCC3CCNCC3)cc2C1=O. The van der Waals surface area contributed by atoms with E-state index < -0.39 is 29.4 Å². The molecular formula is C32H33F2N3O5. The lowest BCUT2D eigenvalue weighted by Gasteiger charge is -2.25. The third kappa shape index (κ3) is 6.76. The van der Waals surface area contributed by atoms with Crippen molar-refractivity contribution in [2.75, 3.05) is 37.7 Å². The molecule has 0 saturated carbocycles. The first-order valence-corrected chi connectivity index (χ1v) is 14.1. The van der Waals surface area contributed by atoms with E-state index in [0.29, 0.717) is 35.1 Å². The average molecular weight is 578 g/mol. The van der Waals surface area contributed by atoms with Gasteiger partial charge in [-0.3, -0.25) is 14.4 Å². The number of hydrogen-bond acceptors (Lipinski definition) is 5. The number of benzene rings is 3. The number of piperidine rings is 1. The Kier molecular flexibility index (Phi) is 9.12. The molecule has 0 aromatic heterocycles. The standard InChI is InChI=1S/C32H33F2N3O5/c33-23-5-7-26(28(34)17-23)25-4-2-1-3-22(25)19-37-29-8-6-24(42-16-12-21-9-13-35-14-10-21)18-27(29)32(41)36(20-30(37)38)15-11-31(39)40/h1-8,17-18,21,35H,9-16,19-20H2,(H,39,40). The van der Waals surface area contributed by atoms with Gasteiger partial charge in [0.05, 0.1) is 30.8 Å². The lowest BCUT2D eigenvalue weighted by atomic mass is 9.95. The molecule has 2 amide bonds. The number of aliphatic carboxylic acids is 1. The van der Waals surface area contributed by atoms with Crippen LogP contribution in [0.3, 0.4) is 0 Å². The molecule has 0 radical (unpaired) electrons. The van der Waals surface area contributed by atoms with Gasteiger partial charge in [-0.05, 0) is 79.7 Å². The quantitative estimate of drug-likeness (QED) is 0.357. The molecule has 10 heteroatoms. The lowest BCUT2D eigenvalue weighted by molar-refractivity contribution is -0.137. The van der Waals surface area contributed by atoms with Crippen LogP contribution in [-0.4, -0.2) is 60.6 Å². The Bertz CT molecular complexity index is 1470. The van der Waals surface area contributed by atoms with Gasteiger partial charge in [0.2, 0.25) is 5.91 Å². The average Bonchev–Trinajstić information content (AvgIpc) is 3.07. The van der Waals surface area contributed by atoms with Gasteiger partial charge in [0.15, 0.2) is 0 Å². The van der Waals surface area contributed by atoms with Crippen LogP contribution < -0.4 is 15.0 Å². The van der Waals surface area contributed by atoms with Crippen LogP contribution in [0, 0.1) is 17.6 Å². The molecule has 3 aromatic rings. The Balaban J connectivity index is 1.46. The van der Waals surface area contributed by atoms with Crippen molar-refractivity contribution in [3.05, 3.63) is 83.4 Å². The summed E-state index contributed by atoms with van der Waals surface area (Å²) >= 11 is 0. The molecular weight excluding hydrogens is 544 g/mol. The van der Waals surface area contributed by atoms with E-state index in [9.17, 15) is 28.3 Å². The van der Waals surface area contributed by atoms with E-state index >= 15 is 0 Å². The number of rotatable bonds is 10. The minimum atomic E-state index is -1.08. The van der Waals surface area contributed by atoms with Gasteiger partial charge in [0.1, 0.15) is 23.9 Å². The van der Waals surface area contributed by atoms with Crippen molar-refractivity contribution in [1.82, 2.24) is 10.2 Å². The van der Waals surface area contributed by atoms with Gasteiger partial charge in [-0.1, -0.05) is 24.3 Å². The fourth-order valence-corrected chi connectivity index (χ4v) is 5.53. The number of hydrogen-bond donors (Lipinski definition) is 2. The van der Waals surface area contributed by atoms with Crippen molar-refractivity contribution >= 4 is 23.5 Å². The van der Waals surface area contributed by atoms with E-state index in [1.165, 1.54) is 21.9 Å². The molecule has 0 bridgehead atoms. The summed E-state index contributed by atoms with van der Waals surface area (Å²) in [6.45, 7) is 2.02. The predicted molar refractivity (Wildman–Crippen MR) is 153 cm³/mol. The van der Waals surface area contributed by atoms with Gasteiger partial charge in [-0.25, -0.2) is 8.78 Å². The maximum atomic E-state index is 14.8. The summed E-state index contributed by atoms with van der Waals surface area (Å²) in [5.74, 6) is -2.34. The van der Waals surface area contributed by atoms with Crippen LogP contribution in [0.15, 0.2) is 60.7 Å². The minimum Gasteiger partial charge on any atom is -0.494 e. The number of amides is 2. The van der Waals surface area contributed by atoms with Crippen LogP contribution in [0.2, 0.25) is 0 Å². The molecule has 8 nitrogen and oxygen atoms in total. The van der Waals surface area contributed by atoms with Crippen LogP contribution in [-0.2, 0) is 16.1 Å². The van der Waals surface area contributed by atoms with Crippen molar-refractivity contribution in [1.29, 1.82) is 0 Å². The molecule has 2 heterocycles. The monoisotopic (exact) mass is 577 g/mol. The summed E-state index contributed by atoms with van der Waals surface area (Å²) in [6, 6.07) is 15.2. The molecule has 1 fully saturated rings. The number of nitrogens with zero attached hydrogens (tertiary/aromatic N) is 2. The molecule has 2 N–H and O–H groups in total. The van der Waals surface area contributed by atoms with Gasteiger partial charge in [0, 0.05) is 18.2 Å². The van der Waals surface area contributed by atoms with Gasteiger partial charge in [-0.2, -0.15) is 0 Å². The predicted octanol–water partition coefficient (Wildman–Crippen LogP) is 4.86. The third-order valence-corrected chi connectivity index (χ3v) is 7.82. The summed E-state index contributed by atoms with van der Waals surface area (Å²) in [5, 5.41) is 12.6. The number of carboxylic acids is 1. The normalized spacial score (nSPS) is 15.9. The molecule has 3 aromatic carbocycles. The molecule has 0 aliphatic carbocycles. The molecule has 1 saturated heterocycles. The topological polar surface area (TPSA) is 99.2 Å². The maximum Gasteiger partial charge on any atom is 0.305 e. The number of fused-ring (bicyclic) bond motifs is 1. The van der Waals surface area contributed by atoms with Crippen molar-refractivity contribution < 1.29 is 33.0 Å².